The highest BCUT2D eigenvalue weighted by atomic mass is 35.5. The summed E-state index contributed by atoms with van der Waals surface area (Å²) in [4.78, 5) is 56.3. The Hall–Kier alpha value is -2.10. The lowest BCUT2D eigenvalue weighted by atomic mass is 9.68. The van der Waals surface area contributed by atoms with Crippen LogP contribution in [0.15, 0.2) is 34.1 Å². The number of likely N-dealkylation sites (tertiary alicyclic amines) is 1. The second kappa shape index (κ2) is 7.70. The Labute approximate surface area is 208 Å². The number of carboxylic acids is 1. The smallest absolute Gasteiger partial charge is 0.327 e. The first-order valence-corrected chi connectivity index (χ1v) is 13.5. The first kappa shape index (κ1) is 22.4. The number of halogens is 1. The summed E-state index contributed by atoms with van der Waals surface area (Å²) in [6, 6.07) is 6.48. The Bertz CT molecular complexity index is 1270. The molecular weight excluding hydrogens is 496 g/mol. The molecule has 2 saturated carbocycles. The van der Waals surface area contributed by atoms with Crippen LogP contribution in [0, 0.1) is 35.5 Å². The highest BCUT2D eigenvalue weighted by molar-refractivity contribution is 8.00. The van der Waals surface area contributed by atoms with Crippen LogP contribution in [-0.4, -0.2) is 44.1 Å². The minimum absolute atomic E-state index is 0.0283. The van der Waals surface area contributed by atoms with Gasteiger partial charge >= 0.3 is 10.8 Å². The SMILES string of the molecule is CC(C)C(C(=O)O)N1C(=O)C2C3CC(C2C1=O)C1C3Sc2[nH]c(=O)sc2[C@@H]1c1ccc(Cl)cc1. The zero-order valence-electron chi connectivity index (χ0n) is 18.4. The average Bonchev–Trinajstić information content (AvgIpc) is 3.49. The zero-order valence-corrected chi connectivity index (χ0v) is 20.8. The van der Waals surface area contributed by atoms with E-state index >= 15 is 0 Å². The van der Waals surface area contributed by atoms with Crippen molar-refractivity contribution < 1.29 is 19.5 Å². The number of carbonyl (C=O) groups is 3. The van der Waals surface area contributed by atoms with Gasteiger partial charge in [0.25, 0.3) is 0 Å². The molecule has 34 heavy (non-hydrogen) atoms. The van der Waals surface area contributed by atoms with Crippen molar-refractivity contribution in [2.24, 2.45) is 35.5 Å². The number of aromatic amines is 1. The number of nitrogens with zero attached hydrogens (tertiary/aromatic N) is 1. The minimum atomic E-state index is -1.15. The van der Waals surface area contributed by atoms with E-state index in [9.17, 15) is 24.3 Å². The largest absolute Gasteiger partial charge is 0.480 e. The van der Waals surface area contributed by atoms with Gasteiger partial charge in [-0.15, -0.1) is 11.8 Å². The second-order valence-electron chi connectivity index (χ2n) is 10.1. The topological polar surface area (TPSA) is 108 Å². The van der Waals surface area contributed by atoms with Crippen molar-refractivity contribution in [2.75, 3.05) is 0 Å². The molecule has 1 aromatic carbocycles. The minimum Gasteiger partial charge on any atom is -0.480 e. The molecule has 0 radical (unpaired) electrons. The summed E-state index contributed by atoms with van der Waals surface area (Å²) in [5.74, 6) is -3.24. The first-order chi connectivity index (χ1) is 16.2. The summed E-state index contributed by atoms with van der Waals surface area (Å²) in [5.41, 5.74) is 1.04. The van der Waals surface area contributed by atoms with Crippen LogP contribution in [0.1, 0.15) is 36.6 Å². The summed E-state index contributed by atoms with van der Waals surface area (Å²) in [7, 11) is 0. The number of hydrogen-bond donors (Lipinski definition) is 2. The number of aromatic nitrogens is 1. The molecule has 8 atom stereocenters. The summed E-state index contributed by atoms with van der Waals surface area (Å²) < 4.78 is 0. The number of amides is 2. The summed E-state index contributed by atoms with van der Waals surface area (Å²) in [6.07, 6.45) is 0.770. The van der Waals surface area contributed by atoms with Crippen LogP contribution in [0.5, 0.6) is 0 Å². The predicted molar refractivity (Wildman–Crippen MR) is 128 cm³/mol. The Balaban J connectivity index is 1.44. The molecule has 7 nitrogen and oxygen atoms in total. The molecule has 2 N–H and O–H groups in total. The number of thioether (sulfide) groups is 1. The van der Waals surface area contributed by atoms with Crippen molar-refractivity contribution >= 4 is 52.5 Å². The highest BCUT2D eigenvalue weighted by Crippen LogP contribution is 2.68. The molecule has 0 spiro atoms. The third-order valence-electron chi connectivity index (χ3n) is 8.15. The number of hydrogen-bond acceptors (Lipinski definition) is 6. The van der Waals surface area contributed by atoms with Crippen molar-refractivity contribution in [2.45, 2.75) is 42.5 Å². The van der Waals surface area contributed by atoms with Gasteiger partial charge in [0.15, 0.2) is 0 Å². The van der Waals surface area contributed by atoms with E-state index in [0.29, 0.717) is 5.02 Å². The van der Waals surface area contributed by atoms with E-state index in [-0.39, 0.29) is 51.5 Å². The van der Waals surface area contributed by atoms with Gasteiger partial charge < -0.3 is 10.1 Å². The maximum atomic E-state index is 13.6. The van der Waals surface area contributed by atoms with Crippen LogP contribution in [-0.2, 0) is 14.4 Å². The Morgan fingerprint density at radius 1 is 1.12 bits per heavy atom. The van der Waals surface area contributed by atoms with Crippen LogP contribution in [0.25, 0.3) is 0 Å². The third kappa shape index (κ3) is 2.96. The van der Waals surface area contributed by atoms with Crippen LogP contribution >= 0.6 is 34.7 Å². The van der Waals surface area contributed by atoms with Crippen molar-refractivity contribution in [3.05, 3.63) is 49.4 Å². The molecule has 10 heteroatoms. The molecule has 2 amide bonds. The number of carbonyl (C=O) groups excluding carboxylic acids is 2. The molecule has 3 fully saturated rings. The number of H-pyrrole nitrogens is 1. The van der Waals surface area contributed by atoms with Gasteiger partial charge in [0, 0.05) is 21.1 Å². The van der Waals surface area contributed by atoms with Gasteiger partial charge in [-0.3, -0.25) is 19.3 Å². The fourth-order valence-corrected chi connectivity index (χ4v) is 10.1. The molecule has 3 heterocycles. The molecule has 2 aromatic rings. The van der Waals surface area contributed by atoms with E-state index in [0.717, 1.165) is 26.8 Å². The number of thiazole rings is 1. The lowest BCUT2D eigenvalue weighted by molar-refractivity contribution is -0.157. The van der Waals surface area contributed by atoms with Crippen LogP contribution in [0.2, 0.25) is 5.02 Å². The molecule has 2 bridgehead atoms. The quantitative estimate of drug-likeness (QED) is 0.598. The van der Waals surface area contributed by atoms with Crippen molar-refractivity contribution in [3.63, 3.8) is 0 Å². The van der Waals surface area contributed by atoms with E-state index in [1.54, 1.807) is 25.6 Å². The van der Waals surface area contributed by atoms with Crippen LogP contribution < -0.4 is 4.87 Å². The Morgan fingerprint density at radius 2 is 1.76 bits per heavy atom. The number of aliphatic carboxylic acids is 1. The first-order valence-electron chi connectivity index (χ1n) is 11.4. The zero-order chi connectivity index (χ0) is 24.0. The normalized spacial score (nSPS) is 34.4. The summed E-state index contributed by atoms with van der Waals surface area (Å²) in [5, 5.41) is 11.3. The van der Waals surface area contributed by atoms with Crippen LogP contribution in [0.4, 0.5) is 0 Å². The molecule has 1 aromatic heterocycles. The molecule has 6 rings (SSSR count). The van der Waals surface area contributed by atoms with Gasteiger partial charge in [0.2, 0.25) is 11.8 Å². The van der Waals surface area contributed by atoms with E-state index in [2.05, 4.69) is 4.98 Å². The van der Waals surface area contributed by atoms with Gasteiger partial charge in [0.05, 0.1) is 16.9 Å². The van der Waals surface area contributed by atoms with E-state index < -0.39 is 23.8 Å². The molecule has 178 valence electrons. The Morgan fingerprint density at radius 3 is 2.38 bits per heavy atom. The van der Waals surface area contributed by atoms with E-state index in [4.69, 9.17) is 11.6 Å². The molecule has 1 saturated heterocycles. The third-order valence-corrected chi connectivity index (χ3v) is 11.0. The van der Waals surface area contributed by atoms with Gasteiger partial charge in [-0.1, -0.05) is 48.9 Å². The van der Waals surface area contributed by atoms with Gasteiger partial charge in [-0.25, -0.2) is 4.79 Å². The van der Waals surface area contributed by atoms with Gasteiger partial charge in [0.1, 0.15) is 6.04 Å². The number of imide groups is 1. The molecule has 2 aliphatic heterocycles. The fourth-order valence-electron chi connectivity index (χ4n) is 7.05. The number of carboxylic acid groups (broad SMARTS) is 1. The van der Waals surface area contributed by atoms with Crippen molar-refractivity contribution in [3.8, 4) is 0 Å². The fraction of sp³-hybridized carbons (Fsp3) is 0.500. The summed E-state index contributed by atoms with van der Waals surface area (Å²) in [6.45, 7) is 3.45. The van der Waals surface area contributed by atoms with Gasteiger partial charge in [-0.05, 0) is 47.8 Å². The number of benzene rings is 1. The molecule has 2 aliphatic carbocycles. The maximum absolute atomic E-state index is 13.6. The standard InChI is InChI=1S/C24H23ClN2O5S2/c1-8(2)17(23(30)31)27-21(28)15-11-7-12(16(15)22(27)29)18-14(11)13(9-3-5-10(25)6-4-9)19-20(33-18)26-24(32)34-19/h3-6,8,11-18H,7H2,1-2H3,(H,26,32)(H,30,31)/t11?,12?,13-,14?,15?,16?,17?,18?/m1/s1. The van der Waals surface area contributed by atoms with Gasteiger partial charge in [-0.2, -0.15) is 0 Å². The van der Waals surface area contributed by atoms with Crippen molar-refractivity contribution in [1.82, 2.24) is 9.88 Å². The summed E-state index contributed by atoms with van der Waals surface area (Å²) >= 11 is 8.97. The van der Waals surface area contributed by atoms with E-state index in [1.807, 2.05) is 24.3 Å². The lowest BCUT2D eigenvalue weighted by Gasteiger charge is -2.43. The monoisotopic (exact) mass is 518 g/mol. The molecule has 7 unspecified atom stereocenters. The molecular formula is C24H23ClN2O5S2. The second-order valence-corrected chi connectivity index (χ2v) is 12.7. The average molecular weight is 519 g/mol. The number of fused-ring (bicyclic) bond motifs is 9. The number of nitrogens with one attached hydrogen (secondary N) is 1. The number of rotatable bonds is 4. The maximum Gasteiger partial charge on any atom is 0.327 e. The molecule has 4 aliphatic rings. The van der Waals surface area contributed by atoms with Crippen LogP contribution in [0.3, 0.4) is 0 Å². The highest BCUT2D eigenvalue weighted by Gasteiger charge is 2.70. The van der Waals surface area contributed by atoms with Crippen molar-refractivity contribution in [1.29, 1.82) is 0 Å². The Kier molecular flexibility index (Phi) is 5.07. The van der Waals surface area contributed by atoms with E-state index in [1.165, 1.54) is 11.3 Å². The lowest BCUT2D eigenvalue weighted by Crippen LogP contribution is -2.49. The predicted octanol–water partition coefficient (Wildman–Crippen LogP) is 3.67.